The number of hydrogen-bond acceptors (Lipinski definition) is 2. The number of hydrogen-bond donors (Lipinski definition) is 0. The van der Waals surface area contributed by atoms with Crippen molar-refractivity contribution >= 4 is 6.08 Å². The van der Waals surface area contributed by atoms with E-state index in [1.54, 1.807) is 0 Å². The van der Waals surface area contributed by atoms with Crippen molar-refractivity contribution < 1.29 is 39.1 Å². The summed E-state index contributed by atoms with van der Waals surface area (Å²) < 4.78 is 70.6. The number of morpholine rings is 1. The van der Waals surface area contributed by atoms with Crippen molar-refractivity contribution in [2.24, 2.45) is 0 Å². The molecule has 1 heterocycles. The maximum Gasteiger partial charge on any atom is 0.200 e. The molecule has 0 amide bonds. The van der Waals surface area contributed by atoms with E-state index in [-0.39, 0.29) is 12.4 Å². The van der Waals surface area contributed by atoms with Gasteiger partial charge in [-0.1, -0.05) is 12.2 Å². The summed E-state index contributed by atoms with van der Waals surface area (Å²) in [6.07, 6.45) is 2.27. The van der Waals surface area contributed by atoms with Crippen LogP contribution in [0.3, 0.4) is 0 Å². The lowest BCUT2D eigenvalue weighted by molar-refractivity contribution is -0.00000801. The lowest BCUT2D eigenvalue weighted by Crippen LogP contribution is -3.00. The fraction of sp³-hybridized carbons (Fsp3) is 0.385. The zero-order valence-electron chi connectivity index (χ0n) is 10.8. The second-order valence-electron chi connectivity index (χ2n) is 4.30. The average Bonchev–Trinajstić information content (AvgIpc) is 2.48. The molecule has 0 saturated carbocycles. The molecule has 1 aliphatic rings. The molecule has 118 valence electrons. The van der Waals surface area contributed by atoms with Crippen LogP contribution in [-0.4, -0.2) is 37.7 Å². The molecule has 2 rings (SSSR count). The second kappa shape index (κ2) is 7.72. The van der Waals surface area contributed by atoms with Gasteiger partial charge in [-0.05, 0) is 0 Å². The molecule has 1 saturated heterocycles. The van der Waals surface area contributed by atoms with Crippen molar-refractivity contribution in [2.45, 2.75) is 0 Å². The van der Waals surface area contributed by atoms with E-state index in [2.05, 4.69) is 0 Å². The number of benzene rings is 1. The molecule has 0 unspecified atom stereocenters. The summed E-state index contributed by atoms with van der Waals surface area (Å²) in [5.74, 6) is -9.66. The van der Waals surface area contributed by atoms with E-state index in [4.69, 9.17) is 4.74 Å². The van der Waals surface area contributed by atoms with Crippen LogP contribution in [0.5, 0.6) is 0 Å². The summed E-state index contributed by atoms with van der Waals surface area (Å²) in [6, 6.07) is 0. The van der Waals surface area contributed by atoms with Crippen LogP contribution in [0.25, 0.3) is 6.08 Å². The maximum atomic E-state index is 13.4. The first kappa shape index (κ1) is 17.9. The molecule has 1 aromatic rings. The van der Waals surface area contributed by atoms with Crippen LogP contribution in [0.4, 0.5) is 22.0 Å². The standard InChI is InChI=1S/C13H12F5NO.ClH/c14-9-8(10(15)12(17)13(18)11(9)16)2-1-3-19-4-6-20-7-5-19;/h1-2H,3-7H2;1H/p-1/b2-1+;. The summed E-state index contributed by atoms with van der Waals surface area (Å²) in [6.45, 7) is 2.76. The highest BCUT2D eigenvalue weighted by molar-refractivity contribution is 5.51. The van der Waals surface area contributed by atoms with E-state index in [0.717, 1.165) is 6.08 Å². The summed E-state index contributed by atoms with van der Waals surface area (Å²) in [5.41, 5.74) is -0.922. The third-order valence-electron chi connectivity index (χ3n) is 3.00. The van der Waals surface area contributed by atoms with Crippen molar-refractivity contribution in [3.8, 4) is 0 Å². The second-order valence-corrected chi connectivity index (χ2v) is 4.30. The summed E-state index contributed by atoms with van der Waals surface area (Å²) >= 11 is 0. The van der Waals surface area contributed by atoms with Gasteiger partial charge in [0.1, 0.15) is 0 Å². The molecular weight excluding hydrogens is 317 g/mol. The lowest BCUT2D eigenvalue weighted by Gasteiger charge is -2.25. The Labute approximate surface area is 124 Å². The van der Waals surface area contributed by atoms with Gasteiger partial charge >= 0.3 is 0 Å². The highest BCUT2D eigenvalue weighted by Gasteiger charge is 2.24. The van der Waals surface area contributed by atoms with Crippen molar-refractivity contribution in [3.05, 3.63) is 40.7 Å². The number of nitrogens with zero attached hydrogens (tertiary/aromatic N) is 1. The largest absolute Gasteiger partial charge is 1.00 e. The maximum absolute atomic E-state index is 13.4. The molecule has 8 heteroatoms. The Bertz CT molecular complexity index is 503. The minimum absolute atomic E-state index is 0. The number of halogens is 6. The third-order valence-corrected chi connectivity index (χ3v) is 3.00. The van der Waals surface area contributed by atoms with Crippen molar-refractivity contribution in [1.29, 1.82) is 0 Å². The molecule has 0 radical (unpaired) electrons. The molecule has 1 fully saturated rings. The summed E-state index contributed by atoms with van der Waals surface area (Å²) in [4.78, 5) is 1.94. The summed E-state index contributed by atoms with van der Waals surface area (Å²) in [5, 5.41) is 0. The van der Waals surface area contributed by atoms with E-state index >= 15 is 0 Å². The SMILES string of the molecule is Fc1c(F)c(F)c(/C=C/CN2CCOCC2)c(F)c1F.[Cl-]. The van der Waals surface area contributed by atoms with Gasteiger partial charge < -0.3 is 17.1 Å². The van der Waals surface area contributed by atoms with E-state index < -0.39 is 34.6 Å². The smallest absolute Gasteiger partial charge is 0.200 e. The lowest BCUT2D eigenvalue weighted by atomic mass is 10.1. The Kier molecular flexibility index (Phi) is 6.57. The highest BCUT2D eigenvalue weighted by Crippen LogP contribution is 2.23. The van der Waals surface area contributed by atoms with Gasteiger partial charge in [0.05, 0.1) is 18.8 Å². The number of rotatable bonds is 3. The summed E-state index contributed by atoms with van der Waals surface area (Å²) in [7, 11) is 0. The first-order valence-electron chi connectivity index (χ1n) is 6.00. The van der Waals surface area contributed by atoms with Crippen LogP contribution in [0, 0.1) is 29.1 Å². The first-order chi connectivity index (χ1) is 9.52. The van der Waals surface area contributed by atoms with Gasteiger partial charge in [-0.25, -0.2) is 22.0 Å². The Balaban J connectivity index is 0.00000220. The Morgan fingerprint density at radius 2 is 1.33 bits per heavy atom. The minimum Gasteiger partial charge on any atom is -1.00 e. The molecule has 2 nitrogen and oxygen atoms in total. The van der Waals surface area contributed by atoms with Crippen molar-refractivity contribution in [1.82, 2.24) is 4.90 Å². The van der Waals surface area contributed by atoms with Gasteiger partial charge in [0.2, 0.25) is 5.82 Å². The molecule has 0 atom stereocenters. The quantitative estimate of drug-likeness (QED) is 0.430. The zero-order chi connectivity index (χ0) is 14.7. The van der Waals surface area contributed by atoms with E-state index in [0.29, 0.717) is 32.8 Å². The molecule has 21 heavy (non-hydrogen) atoms. The normalized spacial score (nSPS) is 16.2. The van der Waals surface area contributed by atoms with Crippen LogP contribution >= 0.6 is 0 Å². The van der Waals surface area contributed by atoms with Gasteiger partial charge in [0, 0.05) is 19.6 Å². The fourth-order valence-corrected chi connectivity index (χ4v) is 1.87. The molecular formula is C13H12ClF5NO-. The fourth-order valence-electron chi connectivity index (χ4n) is 1.87. The average molecular weight is 329 g/mol. The monoisotopic (exact) mass is 328 g/mol. The molecule has 1 aliphatic heterocycles. The van der Waals surface area contributed by atoms with Gasteiger partial charge in [-0.15, -0.1) is 0 Å². The Hall–Kier alpha value is -1.18. The van der Waals surface area contributed by atoms with Crippen LogP contribution in [0.1, 0.15) is 5.56 Å². The Morgan fingerprint density at radius 1 is 0.857 bits per heavy atom. The van der Waals surface area contributed by atoms with Crippen molar-refractivity contribution in [2.75, 3.05) is 32.8 Å². The molecule has 0 aromatic heterocycles. The number of ether oxygens (including phenoxy) is 1. The Morgan fingerprint density at radius 3 is 1.86 bits per heavy atom. The van der Waals surface area contributed by atoms with Crippen LogP contribution in [-0.2, 0) is 4.74 Å². The third kappa shape index (κ3) is 3.93. The predicted octanol–water partition coefficient (Wildman–Crippen LogP) is -0.268. The van der Waals surface area contributed by atoms with Crippen LogP contribution in [0.2, 0.25) is 0 Å². The van der Waals surface area contributed by atoms with E-state index in [9.17, 15) is 22.0 Å². The van der Waals surface area contributed by atoms with Crippen LogP contribution < -0.4 is 12.4 Å². The van der Waals surface area contributed by atoms with Crippen molar-refractivity contribution in [3.63, 3.8) is 0 Å². The molecule has 0 spiro atoms. The topological polar surface area (TPSA) is 12.5 Å². The first-order valence-corrected chi connectivity index (χ1v) is 6.00. The molecule has 0 bridgehead atoms. The molecule has 0 aliphatic carbocycles. The van der Waals surface area contributed by atoms with E-state index in [1.807, 2.05) is 4.90 Å². The molecule has 0 N–H and O–H groups in total. The van der Waals surface area contributed by atoms with Gasteiger partial charge in [0.25, 0.3) is 0 Å². The minimum atomic E-state index is -2.15. The highest BCUT2D eigenvalue weighted by atomic mass is 35.5. The van der Waals surface area contributed by atoms with Crippen LogP contribution in [0.15, 0.2) is 6.08 Å². The van der Waals surface area contributed by atoms with Gasteiger partial charge in [0.15, 0.2) is 23.3 Å². The van der Waals surface area contributed by atoms with Gasteiger partial charge in [-0.2, -0.15) is 0 Å². The van der Waals surface area contributed by atoms with Gasteiger partial charge in [-0.3, -0.25) is 4.90 Å². The van der Waals surface area contributed by atoms with E-state index in [1.165, 1.54) is 6.08 Å². The molecule has 1 aromatic carbocycles. The zero-order valence-corrected chi connectivity index (χ0v) is 11.6. The predicted molar refractivity (Wildman–Crippen MR) is 62.5 cm³/mol.